The third-order valence-electron chi connectivity index (χ3n) is 1.47. The Hall–Kier alpha value is -1.80. The first-order valence-electron chi connectivity index (χ1n) is 3.52. The summed E-state index contributed by atoms with van der Waals surface area (Å²) in [5.74, 6) is 1.26. The standard InChI is InChI=1S/C8H8N2O3/c1-2-3-5(9)7-6(8(11)12)10-4-13-7/h1,4-5H,3,9H2,(H,11,12). The Bertz CT molecular complexity index is 351. The molecule has 0 aromatic carbocycles. The molecule has 1 unspecified atom stereocenters. The Labute approximate surface area is 74.6 Å². The van der Waals surface area contributed by atoms with Crippen LogP contribution in [-0.4, -0.2) is 16.1 Å². The SMILES string of the molecule is C#CCC(N)c1ocnc1C(=O)O. The number of nitrogens with two attached hydrogens (primary N) is 1. The zero-order valence-electron chi connectivity index (χ0n) is 6.73. The van der Waals surface area contributed by atoms with Gasteiger partial charge in [-0.15, -0.1) is 12.3 Å². The minimum absolute atomic E-state index is 0.116. The summed E-state index contributed by atoms with van der Waals surface area (Å²) in [7, 11) is 0. The lowest BCUT2D eigenvalue weighted by Gasteiger charge is -2.03. The van der Waals surface area contributed by atoms with Crippen molar-refractivity contribution in [1.82, 2.24) is 4.98 Å². The molecule has 1 aromatic heterocycles. The number of rotatable bonds is 3. The van der Waals surface area contributed by atoms with Crippen LogP contribution in [0.4, 0.5) is 0 Å². The first kappa shape index (κ1) is 9.29. The van der Waals surface area contributed by atoms with Crippen LogP contribution < -0.4 is 5.73 Å². The lowest BCUT2D eigenvalue weighted by atomic mass is 10.1. The van der Waals surface area contributed by atoms with Crippen LogP contribution in [-0.2, 0) is 0 Å². The lowest BCUT2D eigenvalue weighted by molar-refractivity contribution is 0.0688. The Morgan fingerprint density at radius 3 is 3.15 bits per heavy atom. The van der Waals surface area contributed by atoms with E-state index in [1.807, 2.05) is 0 Å². The van der Waals surface area contributed by atoms with Gasteiger partial charge in [0, 0.05) is 6.42 Å². The molecule has 0 saturated carbocycles. The van der Waals surface area contributed by atoms with Crippen molar-refractivity contribution in [2.24, 2.45) is 5.73 Å². The molecular formula is C8H8N2O3. The smallest absolute Gasteiger partial charge is 0.358 e. The van der Waals surface area contributed by atoms with E-state index in [4.69, 9.17) is 21.7 Å². The summed E-state index contributed by atoms with van der Waals surface area (Å²) < 4.78 is 4.83. The lowest BCUT2D eigenvalue weighted by Crippen LogP contribution is -2.13. The second-order valence-electron chi connectivity index (χ2n) is 2.39. The highest BCUT2D eigenvalue weighted by atomic mass is 16.4. The summed E-state index contributed by atoms with van der Waals surface area (Å²) in [6.07, 6.45) is 6.28. The van der Waals surface area contributed by atoms with Crippen LogP contribution in [0.15, 0.2) is 10.8 Å². The van der Waals surface area contributed by atoms with Gasteiger partial charge < -0.3 is 15.3 Å². The van der Waals surface area contributed by atoms with Crippen molar-refractivity contribution in [3.63, 3.8) is 0 Å². The van der Waals surface area contributed by atoms with Gasteiger partial charge in [-0.25, -0.2) is 9.78 Å². The first-order chi connectivity index (χ1) is 6.16. The second kappa shape index (κ2) is 3.74. The Kier molecular flexibility index (Phi) is 2.67. The highest BCUT2D eigenvalue weighted by Gasteiger charge is 2.20. The predicted molar refractivity (Wildman–Crippen MR) is 43.8 cm³/mol. The molecule has 0 spiro atoms. The Morgan fingerprint density at radius 2 is 2.62 bits per heavy atom. The van der Waals surface area contributed by atoms with E-state index in [0.717, 1.165) is 6.39 Å². The fourth-order valence-electron chi connectivity index (χ4n) is 0.899. The van der Waals surface area contributed by atoms with Crippen molar-refractivity contribution in [1.29, 1.82) is 0 Å². The third-order valence-corrected chi connectivity index (χ3v) is 1.47. The number of nitrogens with zero attached hydrogens (tertiary/aromatic N) is 1. The number of terminal acetylenes is 1. The molecule has 0 aliphatic heterocycles. The zero-order valence-corrected chi connectivity index (χ0v) is 6.73. The van der Waals surface area contributed by atoms with Gasteiger partial charge in [-0.2, -0.15) is 0 Å². The summed E-state index contributed by atoms with van der Waals surface area (Å²) >= 11 is 0. The van der Waals surface area contributed by atoms with E-state index in [-0.39, 0.29) is 17.9 Å². The fourth-order valence-corrected chi connectivity index (χ4v) is 0.899. The van der Waals surface area contributed by atoms with E-state index in [1.54, 1.807) is 0 Å². The molecule has 1 atom stereocenters. The molecular weight excluding hydrogens is 172 g/mol. The van der Waals surface area contributed by atoms with Crippen LogP contribution in [0.2, 0.25) is 0 Å². The van der Waals surface area contributed by atoms with Gasteiger partial charge in [-0.1, -0.05) is 0 Å². The fraction of sp³-hybridized carbons (Fsp3) is 0.250. The zero-order chi connectivity index (χ0) is 9.84. The summed E-state index contributed by atoms with van der Waals surface area (Å²) in [6, 6.07) is -0.612. The van der Waals surface area contributed by atoms with Crippen LogP contribution >= 0.6 is 0 Å². The van der Waals surface area contributed by atoms with Gasteiger partial charge >= 0.3 is 5.97 Å². The van der Waals surface area contributed by atoms with Crippen molar-refractivity contribution in [2.45, 2.75) is 12.5 Å². The molecule has 0 aliphatic rings. The predicted octanol–water partition coefficient (Wildman–Crippen LogP) is 0.396. The second-order valence-corrected chi connectivity index (χ2v) is 2.39. The number of carboxylic acid groups (broad SMARTS) is 1. The van der Waals surface area contributed by atoms with E-state index < -0.39 is 12.0 Å². The molecule has 68 valence electrons. The number of oxazole rings is 1. The molecule has 1 heterocycles. The summed E-state index contributed by atoms with van der Waals surface area (Å²) in [5, 5.41) is 8.64. The van der Waals surface area contributed by atoms with Crippen molar-refractivity contribution in [3.8, 4) is 12.3 Å². The molecule has 0 radical (unpaired) electrons. The first-order valence-corrected chi connectivity index (χ1v) is 3.52. The molecule has 0 bridgehead atoms. The maximum atomic E-state index is 10.6. The topological polar surface area (TPSA) is 89.4 Å². The Balaban J connectivity index is 2.94. The average Bonchev–Trinajstić information content (AvgIpc) is 2.52. The molecule has 1 rings (SSSR count). The normalized spacial score (nSPS) is 12.0. The van der Waals surface area contributed by atoms with Crippen molar-refractivity contribution >= 4 is 5.97 Å². The van der Waals surface area contributed by atoms with Crippen LogP contribution in [0, 0.1) is 12.3 Å². The third kappa shape index (κ3) is 1.86. The van der Waals surface area contributed by atoms with E-state index in [1.165, 1.54) is 0 Å². The molecule has 0 aliphatic carbocycles. The molecule has 5 nitrogen and oxygen atoms in total. The van der Waals surface area contributed by atoms with Crippen molar-refractivity contribution < 1.29 is 14.3 Å². The van der Waals surface area contributed by atoms with E-state index in [0.29, 0.717) is 0 Å². The Morgan fingerprint density at radius 1 is 1.92 bits per heavy atom. The molecule has 0 amide bonds. The summed E-state index contributed by atoms with van der Waals surface area (Å²) in [4.78, 5) is 14.1. The van der Waals surface area contributed by atoms with E-state index in [9.17, 15) is 4.79 Å². The van der Waals surface area contributed by atoms with Gasteiger partial charge in [-0.05, 0) is 0 Å². The largest absolute Gasteiger partial charge is 0.476 e. The van der Waals surface area contributed by atoms with Gasteiger partial charge in [0.05, 0.1) is 6.04 Å². The van der Waals surface area contributed by atoms with Crippen LogP contribution in [0.25, 0.3) is 0 Å². The number of aromatic nitrogens is 1. The number of aromatic carboxylic acids is 1. The van der Waals surface area contributed by atoms with Gasteiger partial charge in [0.15, 0.2) is 17.8 Å². The summed E-state index contributed by atoms with van der Waals surface area (Å²) in [6.45, 7) is 0. The molecule has 5 heteroatoms. The monoisotopic (exact) mass is 180 g/mol. The number of hydrogen-bond acceptors (Lipinski definition) is 4. The van der Waals surface area contributed by atoms with Crippen LogP contribution in [0.1, 0.15) is 28.7 Å². The minimum Gasteiger partial charge on any atom is -0.476 e. The molecule has 0 fully saturated rings. The van der Waals surface area contributed by atoms with Crippen molar-refractivity contribution in [2.75, 3.05) is 0 Å². The maximum absolute atomic E-state index is 10.6. The van der Waals surface area contributed by atoms with Crippen molar-refractivity contribution in [3.05, 3.63) is 17.8 Å². The van der Waals surface area contributed by atoms with E-state index >= 15 is 0 Å². The number of carbonyl (C=O) groups is 1. The summed E-state index contributed by atoms with van der Waals surface area (Å²) in [5.41, 5.74) is 5.37. The highest BCUT2D eigenvalue weighted by molar-refractivity contribution is 5.86. The van der Waals surface area contributed by atoms with Gasteiger partial charge in [0.2, 0.25) is 0 Å². The van der Waals surface area contributed by atoms with Gasteiger partial charge in [0.25, 0.3) is 0 Å². The van der Waals surface area contributed by atoms with Gasteiger partial charge in [-0.3, -0.25) is 0 Å². The van der Waals surface area contributed by atoms with E-state index in [2.05, 4.69) is 10.9 Å². The number of hydrogen-bond donors (Lipinski definition) is 2. The van der Waals surface area contributed by atoms with Crippen LogP contribution in [0.3, 0.4) is 0 Å². The number of carboxylic acids is 1. The van der Waals surface area contributed by atoms with Crippen LogP contribution in [0.5, 0.6) is 0 Å². The molecule has 13 heavy (non-hydrogen) atoms. The highest BCUT2D eigenvalue weighted by Crippen LogP contribution is 2.17. The average molecular weight is 180 g/mol. The molecule has 1 aromatic rings. The van der Waals surface area contributed by atoms with Gasteiger partial charge in [0.1, 0.15) is 0 Å². The quantitative estimate of drug-likeness (QED) is 0.657. The minimum atomic E-state index is -1.17. The maximum Gasteiger partial charge on any atom is 0.358 e. The molecule has 3 N–H and O–H groups in total. The molecule has 0 saturated heterocycles.